The Balaban J connectivity index is 2.27. The van der Waals surface area contributed by atoms with Crippen LogP contribution < -0.4 is 4.72 Å². The second-order valence-electron chi connectivity index (χ2n) is 4.46. The van der Waals surface area contributed by atoms with Gasteiger partial charge in [-0.05, 0) is 20.8 Å². The Morgan fingerprint density at radius 3 is 2.75 bits per heavy atom. The molecule has 0 fully saturated rings. The van der Waals surface area contributed by atoms with E-state index in [4.69, 9.17) is 0 Å². The summed E-state index contributed by atoms with van der Waals surface area (Å²) in [5.74, 6) is 0. The number of hydrogen-bond donors (Lipinski definition) is 3. The van der Waals surface area contributed by atoms with Gasteiger partial charge in [-0.25, -0.2) is 18.1 Å². The smallest absolute Gasteiger partial charge is 0.260 e. The third-order valence-electron chi connectivity index (χ3n) is 2.79. The van der Waals surface area contributed by atoms with E-state index in [1.807, 2.05) is 12.3 Å². The third-order valence-corrected chi connectivity index (χ3v) is 5.44. The van der Waals surface area contributed by atoms with Gasteiger partial charge in [0.15, 0.2) is 5.03 Å². The number of nitrogens with zero attached hydrogens (tertiary/aromatic N) is 2. The van der Waals surface area contributed by atoms with Gasteiger partial charge < -0.3 is 5.11 Å². The van der Waals surface area contributed by atoms with Crippen molar-refractivity contribution in [1.82, 2.24) is 19.9 Å². The van der Waals surface area contributed by atoms with E-state index in [-0.39, 0.29) is 17.2 Å². The van der Waals surface area contributed by atoms with Crippen LogP contribution >= 0.6 is 11.3 Å². The average molecular weight is 316 g/mol. The Labute approximate surface area is 121 Å². The lowest BCUT2D eigenvalue weighted by molar-refractivity contribution is 0.277. The van der Waals surface area contributed by atoms with Gasteiger partial charge in [0.1, 0.15) is 5.01 Å². The monoisotopic (exact) mass is 316 g/mol. The molecule has 0 aliphatic rings. The lowest BCUT2D eigenvalue weighted by Crippen LogP contribution is -2.28. The van der Waals surface area contributed by atoms with Gasteiger partial charge in [0.2, 0.25) is 0 Å². The Kier molecular flexibility index (Phi) is 4.23. The van der Waals surface area contributed by atoms with Gasteiger partial charge in [-0.15, -0.1) is 11.3 Å². The summed E-state index contributed by atoms with van der Waals surface area (Å²) in [5.41, 5.74) is 1.66. The lowest BCUT2D eigenvalue weighted by Gasteiger charge is -2.11. The molecule has 0 bridgehead atoms. The van der Waals surface area contributed by atoms with Gasteiger partial charge in [0.05, 0.1) is 12.6 Å². The average Bonchev–Trinajstić information content (AvgIpc) is 2.95. The maximum Gasteiger partial charge on any atom is 0.260 e. The van der Waals surface area contributed by atoms with Crippen molar-refractivity contribution in [2.45, 2.75) is 38.4 Å². The fraction of sp³-hybridized carbons (Fsp3) is 0.455. The number of aromatic amines is 1. The van der Waals surface area contributed by atoms with E-state index in [1.165, 1.54) is 11.3 Å². The molecule has 2 aromatic rings. The Hall–Kier alpha value is -1.29. The molecule has 0 aliphatic carbocycles. The largest absolute Gasteiger partial charge is 0.392 e. The van der Waals surface area contributed by atoms with Gasteiger partial charge in [-0.1, -0.05) is 0 Å². The van der Waals surface area contributed by atoms with Crippen LogP contribution in [0.4, 0.5) is 0 Å². The molecule has 2 heterocycles. The van der Waals surface area contributed by atoms with Gasteiger partial charge >= 0.3 is 0 Å². The van der Waals surface area contributed by atoms with Crippen LogP contribution in [0.5, 0.6) is 0 Å². The summed E-state index contributed by atoms with van der Waals surface area (Å²) in [7, 11) is -3.81. The minimum Gasteiger partial charge on any atom is -0.392 e. The molecule has 0 amide bonds. The number of H-pyrrole nitrogens is 1. The normalized spacial score (nSPS) is 13.6. The minimum absolute atomic E-state index is 0.169. The van der Waals surface area contributed by atoms with E-state index in [1.54, 1.807) is 13.8 Å². The highest BCUT2D eigenvalue weighted by Crippen LogP contribution is 2.22. The highest BCUT2D eigenvalue weighted by molar-refractivity contribution is 7.89. The van der Waals surface area contributed by atoms with E-state index in [9.17, 15) is 13.5 Å². The number of aliphatic hydroxyl groups excluding tert-OH is 1. The van der Waals surface area contributed by atoms with Crippen LogP contribution in [0.15, 0.2) is 10.4 Å². The molecule has 0 aliphatic heterocycles. The third kappa shape index (κ3) is 2.90. The number of thiazole rings is 1. The fourth-order valence-electron chi connectivity index (χ4n) is 1.75. The summed E-state index contributed by atoms with van der Waals surface area (Å²) in [6.07, 6.45) is 0. The number of aliphatic hydroxyl groups is 1. The van der Waals surface area contributed by atoms with Gasteiger partial charge in [-0.2, -0.15) is 5.10 Å². The van der Waals surface area contributed by atoms with Crippen LogP contribution in [0.2, 0.25) is 0 Å². The fourth-order valence-corrected chi connectivity index (χ4v) is 4.02. The van der Waals surface area contributed by atoms with Crippen molar-refractivity contribution in [2.24, 2.45) is 0 Å². The van der Waals surface area contributed by atoms with Crippen LogP contribution in [0.3, 0.4) is 0 Å². The summed E-state index contributed by atoms with van der Waals surface area (Å²) < 4.78 is 27.1. The Morgan fingerprint density at radius 2 is 2.20 bits per heavy atom. The van der Waals surface area contributed by atoms with Gasteiger partial charge in [-0.3, -0.25) is 5.10 Å². The van der Waals surface area contributed by atoms with Crippen molar-refractivity contribution in [3.63, 3.8) is 0 Å². The molecule has 0 radical (unpaired) electrons. The molecule has 9 heteroatoms. The van der Waals surface area contributed by atoms with E-state index in [0.717, 1.165) is 5.69 Å². The van der Waals surface area contributed by atoms with E-state index < -0.39 is 16.1 Å². The quantitative estimate of drug-likeness (QED) is 0.763. The minimum atomic E-state index is -3.81. The number of nitrogens with one attached hydrogen (secondary N) is 2. The first-order chi connectivity index (χ1) is 9.35. The lowest BCUT2D eigenvalue weighted by atomic mass is 10.3. The summed E-state index contributed by atoms with van der Waals surface area (Å²) in [5, 5.41) is 17.9. The van der Waals surface area contributed by atoms with Crippen molar-refractivity contribution in [1.29, 1.82) is 0 Å². The standard InChI is InChI=1S/C11H16N4O3S2/c1-6-5-19-10(12-6)8(3)15-20(17,18)11-9(4-16)7(2)13-14-11/h5,8,15-16H,4H2,1-3H3,(H,13,14). The van der Waals surface area contributed by atoms with Crippen molar-refractivity contribution < 1.29 is 13.5 Å². The molecular formula is C11H16N4O3S2. The maximum atomic E-state index is 12.3. The molecule has 1 atom stereocenters. The molecule has 0 spiro atoms. The summed E-state index contributed by atoms with van der Waals surface area (Å²) in [6.45, 7) is 4.84. The first kappa shape index (κ1) is 15.1. The summed E-state index contributed by atoms with van der Waals surface area (Å²) >= 11 is 1.39. The first-order valence-corrected chi connectivity index (χ1v) is 8.30. The van der Waals surface area contributed by atoms with E-state index in [2.05, 4.69) is 19.9 Å². The van der Waals surface area contributed by atoms with Crippen molar-refractivity contribution in [3.05, 3.63) is 27.3 Å². The van der Waals surface area contributed by atoms with Crippen LogP contribution in [-0.4, -0.2) is 28.7 Å². The topological polar surface area (TPSA) is 108 Å². The van der Waals surface area contributed by atoms with Crippen LogP contribution in [0, 0.1) is 13.8 Å². The van der Waals surface area contributed by atoms with Gasteiger partial charge in [0, 0.05) is 22.3 Å². The molecule has 0 aromatic carbocycles. The molecule has 2 rings (SSSR count). The molecule has 1 unspecified atom stereocenters. The van der Waals surface area contributed by atoms with Crippen LogP contribution in [0.1, 0.15) is 34.9 Å². The molecule has 2 aromatic heterocycles. The van der Waals surface area contributed by atoms with Crippen LogP contribution in [-0.2, 0) is 16.6 Å². The van der Waals surface area contributed by atoms with E-state index in [0.29, 0.717) is 10.7 Å². The summed E-state index contributed by atoms with van der Waals surface area (Å²) in [6, 6.07) is -0.456. The van der Waals surface area contributed by atoms with Crippen LogP contribution in [0.25, 0.3) is 0 Å². The zero-order valence-corrected chi connectivity index (χ0v) is 13.0. The number of rotatable bonds is 5. The highest BCUT2D eigenvalue weighted by atomic mass is 32.2. The molecule has 20 heavy (non-hydrogen) atoms. The van der Waals surface area contributed by atoms with Crippen molar-refractivity contribution in [3.8, 4) is 0 Å². The highest BCUT2D eigenvalue weighted by Gasteiger charge is 2.26. The molecule has 7 nitrogen and oxygen atoms in total. The Morgan fingerprint density at radius 1 is 1.50 bits per heavy atom. The molecule has 110 valence electrons. The first-order valence-electron chi connectivity index (χ1n) is 5.94. The number of aryl methyl sites for hydroxylation is 2. The zero-order valence-electron chi connectivity index (χ0n) is 11.3. The number of aromatic nitrogens is 3. The van der Waals surface area contributed by atoms with Gasteiger partial charge in [0.25, 0.3) is 10.0 Å². The second kappa shape index (κ2) is 5.60. The van der Waals surface area contributed by atoms with Crippen molar-refractivity contribution >= 4 is 21.4 Å². The molecular weight excluding hydrogens is 300 g/mol. The maximum absolute atomic E-state index is 12.3. The summed E-state index contributed by atoms with van der Waals surface area (Å²) in [4.78, 5) is 4.25. The zero-order chi connectivity index (χ0) is 14.9. The predicted octanol–water partition coefficient (Wildman–Crippen LogP) is 1.01. The number of hydrogen-bond acceptors (Lipinski definition) is 6. The second-order valence-corrected chi connectivity index (χ2v) is 6.98. The predicted molar refractivity (Wildman–Crippen MR) is 74.8 cm³/mol. The molecule has 3 N–H and O–H groups in total. The SMILES string of the molecule is Cc1csc(C(C)NS(=O)(=O)c2n[nH]c(C)c2CO)n1. The molecule has 0 saturated heterocycles. The number of sulfonamides is 1. The molecule has 0 saturated carbocycles. The van der Waals surface area contributed by atoms with Crippen molar-refractivity contribution in [2.75, 3.05) is 0 Å². The van der Waals surface area contributed by atoms with E-state index >= 15 is 0 Å². The Bertz CT molecular complexity index is 705.